The minimum Gasteiger partial charge on any atom is -0.462 e. The molecule has 4 heteroatoms. The Morgan fingerprint density at radius 2 is 1.96 bits per heavy atom. The summed E-state index contributed by atoms with van der Waals surface area (Å²) in [7, 11) is 0. The quantitative estimate of drug-likeness (QED) is 0.676. The average molecular weight is 365 g/mol. The first-order chi connectivity index (χ1) is 12.0. The molecule has 3 rings (SSSR count). The summed E-state index contributed by atoms with van der Waals surface area (Å²) in [5.74, 6) is 2.17. The van der Waals surface area contributed by atoms with Crippen LogP contribution in [-0.4, -0.2) is 24.6 Å². The normalized spacial score (nSPS) is 38.7. The zero-order chi connectivity index (χ0) is 19.4. The zero-order valence-electron chi connectivity index (χ0n) is 17.5. The van der Waals surface area contributed by atoms with Gasteiger partial charge in [0.2, 0.25) is 6.10 Å². The van der Waals surface area contributed by atoms with E-state index in [-0.39, 0.29) is 11.9 Å². The first kappa shape index (κ1) is 19.7. The second kappa shape index (κ2) is 6.53. The minimum absolute atomic E-state index is 0.0551. The third-order valence-electron chi connectivity index (χ3n) is 7.70. The van der Waals surface area contributed by atoms with Gasteiger partial charge in [0.1, 0.15) is 6.61 Å². The monoisotopic (exact) mass is 364 g/mol. The van der Waals surface area contributed by atoms with Gasteiger partial charge >= 0.3 is 11.9 Å². The number of hydrogen-bond donors (Lipinski definition) is 0. The van der Waals surface area contributed by atoms with E-state index in [4.69, 9.17) is 9.47 Å². The number of rotatable bonds is 5. The van der Waals surface area contributed by atoms with Crippen LogP contribution in [-0.2, 0) is 19.1 Å². The molecule has 0 radical (unpaired) electrons. The highest BCUT2D eigenvalue weighted by Crippen LogP contribution is 2.63. The smallest absolute Gasteiger partial charge is 0.348 e. The van der Waals surface area contributed by atoms with Crippen molar-refractivity contribution in [3.63, 3.8) is 0 Å². The summed E-state index contributed by atoms with van der Waals surface area (Å²) >= 11 is 0. The first-order valence-corrected chi connectivity index (χ1v) is 10.4. The van der Waals surface area contributed by atoms with Gasteiger partial charge in [-0.3, -0.25) is 4.79 Å². The van der Waals surface area contributed by atoms with Gasteiger partial charge < -0.3 is 9.47 Å². The molecule has 6 atom stereocenters. The van der Waals surface area contributed by atoms with Crippen molar-refractivity contribution in [1.82, 2.24) is 0 Å². The number of cyclic esters (lactones) is 1. The van der Waals surface area contributed by atoms with Crippen molar-refractivity contribution >= 4 is 11.9 Å². The van der Waals surface area contributed by atoms with Crippen LogP contribution in [0.2, 0.25) is 0 Å². The number of fused-ring (bicyclic) bond motifs is 2. The molecule has 0 aromatic rings. The predicted octanol–water partition coefficient (Wildman–Crippen LogP) is 4.46. The summed E-state index contributed by atoms with van der Waals surface area (Å²) in [6.45, 7) is 15.8. The van der Waals surface area contributed by atoms with Gasteiger partial charge in [-0.05, 0) is 47.8 Å². The molecular weight excluding hydrogens is 328 g/mol. The van der Waals surface area contributed by atoms with E-state index >= 15 is 0 Å². The third-order valence-corrected chi connectivity index (χ3v) is 7.70. The molecule has 0 spiro atoms. The Labute approximate surface area is 158 Å². The second-order valence-electron chi connectivity index (χ2n) is 10.6. The van der Waals surface area contributed by atoms with Gasteiger partial charge in [-0.2, -0.15) is 0 Å². The molecule has 0 amide bonds. The van der Waals surface area contributed by atoms with Crippen molar-refractivity contribution in [1.29, 1.82) is 0 Å². The molecular formula is C22H36O4. The van der Waals surface area contributed by atoms with Crippen molar-refractivity contribution in [2.45, 2.75) is 73.8 Å². The van der Waals surface area contributed by atoms with E-state index in [0.717, 1.165) is 12.8 Å². The second-order valence-corrected chi connectivity index (χ2v) is 10.6. The number of hydrogen-bond acceptors (Lipinski definition) is 4. The van der Waals surface area contributed by atoms with Crippen LogP contribution in [0.15, 0.2) is 0 Å². The molecule has 0 aromatic carbocycles. The molecule has 148 valence electrons. The molecule has 4 nitrogen and oxygen atoms in total. The maximum absolute atomic E-state index is 13.0. The predicted molar refractivity (Wildman–Crippen MR) is 100 cm³/mol. The number of carbonyl (C=O) groups excluding carboxylic acids is 2. The molecule has 0 N–H and O–H groups in total. The van der Waals surface area contributed by atoms with Crippen molar-refractivity contribution in [3.8, 4) is 0 Å². The average Bonchev–Trinajstić information content (AvgIpc) is 3.21. The van der Waals surface area contributed by atoms with E-state index in [1.807, 2.05) is 13.8 Å². The van der Waals surface area contributed by atoms with Crippen LogP contribution in [0.25, 0.3) is 0 Å². The maximum Gasteiger partial charge on any atom is 0.348 e. The largest absolute Gasteiger partial charge is 0.462 e. The van der Waals surface area contributed by atoms with E-state index in [2.05, 4.69) is 34.6 Å². The molecule has 2 bridgehead atoms. The minimum atomic E-state index is -0.755. The highest BCUT2D eigenvalue weighted by atomic mass is 16.6. The number of carbonyl (C=O) groups is 2. The van der Waals surface area contributed by atoms with Gasteiger partial charge in [-0.1, -0.05) is 54.9 Å². The van der Waals surface area contributed by atoms with E-state index in [9.17, 15) is 9.59 Å². The lowest BCUT2D eigenvalue weighted by Crippen LogP contribution is -2.43. The van der Waals surface area contributed by atoms with E-state index < -0.39 is 17.5 Å². The molecule has 26 heavy (non-hydrogen) atoms. The van der Waals surface area contributed by atoms with Gasteiger partial charge in [-0.15, -0.1) is 0 Å². The summed E-state index contributed by atoms with van der Waals surface area (Å²) < 4.78 is 10.9. The topological polar surface area (TPSA) is 52.6 Å². The highest BCUT2D eigenvalue weighted by Gasteiger charge is 2.59. The highest BCUT2D eigenvalue weighted by molar-refractivity contribution is 5.83. The number of ether oxygens (including phenoxy) is 2. The van der Waals surface area contributed by atoms with Gasteiger partial charge in [0.05, 0.1) is 5.92 Å². The zero-order valence-corrected chi connectivity index (χ0v) is 17.5. The van der Waals surface area contributed by atoms with Crippen LogP contribution < -0.4 is 0 Å². The summed E-state index contributed by atoms with van der Waals surface area (Å²) in [6, 6.07) is 0. The van der Waals surface area contributed by atoms with Crippen LogP contribution in [0, 0.1) is 46.3 Å². The van der Waals surface area contributed by atoms with Gasteiger partial charge in [-0.25, -0.2) is 4.79 Å². The van der Waals surface area contributed by atoms with Crippen LogP contribution in [0.4, 0.5) is 0 Å². The van der Waals surface area contributed by atoms with Crippen LogP contribution in [0.1, 0.15) is 67.7 Å². The van der Waals surface area contributed by atoms with Crippen molar-refractivity contribution in [2.24, 2.45) is 46.3 Å². The summed E-state index contributed by atoms with van der Waals surface area (Å²) in [5.41, 5.74) is -0.130. The molecule has 3 fully saturated rings. The fourth-order valence-corrected chi connectivity index (χ4v) is 6.12. The Kier molecular flexibility index (Phi) is 4.94. The molecule has 3 aliphatic rings. The lowest BCUT2D eigenvalue weighted by atomic mass is 9.59. The van der Waals surface area contributed by atoms with Crippen molar-refractivity contribution < 1.29 is 19.1 Å². The fourth-order valence-electron chi connectivity index (χ4n) is 6.12. The SMILES string of the molecule is CCC(C)(C)C1C2CC(C(=O)OC3C(=O)OCC3(C)C)C(C2)C1C(C)C. The van der Waals surface area contributed by atoms with Gasteiger partial charge in [0.15, 0.2) is 0 Å². The summed E-state index contributed by atoms with van der Waals surface area (Å²) in [5, 5.41) is 0. The Hall–Kier alpha value is -1.06. The lowest BCUT2D eigenvalue weighted by molar-refractivity contribution is -0.169. The molecule has 2 aliphatic carbocycles. The Morgan fingerprint density at radius 3 is 2.46 bits per heavy atom. The lowest BCUT2D eigenvalue weighted by Gasteiger charge is -2.45. The summed E-state index contributed by atoms with van der Waals surface area (Å²) in [6.07, 6.45) is 2.47. The Bertz CT molecular complexity index is 577. The Morgan fingerprint density at radius 1 is 1.31 bits per heavy atom. The van der Waals surface area contributed by atoms with E-state index in [1.54, 1.807) is 0 Å². The standard InChI is InChI=1S/C22H36O4/c1-8-21(4,5)17-13-9-14(16(17)12(2)3)15(10-13)19(23)26-18-20(24)25-11-22(18,6)7/h12-18H,8-11H2,1-7H3. The summed E-state index contributed by atoms with van der Waals surface area (Å²) in [4.78, 5) is 25.0. The van der Waals surface area contributed by atoms with Crippen LogP contribution in [0.5, 0.6) is 0 Å². The van der Waals surface area contributed by atoms with Gasteiger partial charge in [0.25, 0.3) is 0 Å². The molecule has 1 heterocycles. The van der Waals surface area contributed by atoms with E-state index in [0.29, 0.717) is 41.6 Å². The number of esters is 2. The third kappa shape index (κ3) is 3.07. The van der Waals surface area contributed by atoms with E-state index in [1.165, 1.54) is 6.42 Å². The maximum atomic E-state index is 13.0. The van der Waals surface area contributed by atoms with Crippen LogP contribution in [0.3, 0.4) is 0 Å². The van der Waals surface area contributed by atoms with Crippen molar-refractivity contribution in [2.75, 3.05) is 6.61 Å². The molecule has 6 unspecified atom stereocenters. The first-order valence-electron chi connectivity index (χ1n) is 10.4. The molecule has 1 saturated heterocycles. The molecule has 2 saturated carbocycles. The fraction of sp³-hybridized carbons (Fsp3) is 0.909. The Balaban J connectivity index is 1.76. The molecule has 1 aliphatic heterocycles. The van der Waals surface area contributed by atoms with Crippen molar-refractivity contribution in [3.05, 3.63) is 0 Å². The molecule has 0 aromatic heterocycles. The van der Waals surface area contributed by atoms with Gasteiger partial charge in [0, 0.05) is 5.41 Å². The van der Waals surface area contributed by atoms with Crippen LogP contribution >= 0.6 is 0 Å².